The van der Waals surface area contributed by atoms with E-state index in [0.717, 1.165) is 28.3 Å². The van der Waals surface area contributed by atoms with Crippen molar-refractivity contribution in [3.63, 3.8) is 0 Å². The predicted octanol–water partition coefficient (Wildman–Crippen LogP) is 2.70. The average molecular weight is 394 g/mol. The summed E-state index contributed by atoms with van der Waals surface area (Å²) in [5.74, 6) is -0.306. The molecule has 0 saturated carbocycles. The van der Waals surface area contributed by atoms with Crippen LogP contribution in [0.2, 0.25) is 0 Å². The zero-order valence-electron chi connectivity index (χ0n) is 15.5. The number of hydrogen-bond acceptors (Lipinski definition) is 4. The topological polar surface area (TPSA) is 75.7 Å². The zero-order valence-corrected chi connectivity index (χ0v) is 16.3. The van der Waals surface area contributed by atoms with Gasteiger partial charge in [0, 0.05) is 12.1 Å². The fraction of sp³-hybridized carbons (Fsp3) is 0.316. The maximum atomic E-state index is 13.2. The first-order valence-electron chi connectivity index (χ1n) is 8.47. The molecule has 2 aromatic rings. The van der Waals surface area contributed by atoms with Crippen LogP contribution in [-0.4, -0.2) is 33.2 Å². The number of anilines is 1. The summed E-state index contributed by atoms with van der Waals surface area (Å²) in [6.45, 7) is 4.03. The maximum Gasteiger partial charge on any atom is 0.243 e. The number of rotatable bonds is 8. The van der Waals surface area contributed by atoms with Gasteiger partial charge in [-0.3, -0.25) is 9.10 Å². The zero-order chi connectivity index (χ0) is 20.0. The van der Waals surface area contributed by atoms with Crippen molar-refractivity contribution in [1.29, 1.82) is 0 Å². The highest BCUT2D eigenvalue weighted by Gasteiger charge is 2.29. The third kappa shape index (κ3) is 5.43. The van der Waals surface area contributed by atoms with Gasteiger partial charge in [0.2, 0.25) is 15.9 Å². The quantitative estimate of drug-likeness (QED) is 0.747. The van der Waals surface area contributed by atoms with E-state index in [1.807, 2.05) is 25.1 Å². The summed E-state index contributed by atoms with van der Waals surface area (Å²) in [6, 6.07) is 11.2. The highest BCUT2D eigenvalue weighted by molar-refractivity contribution is 7.92. The molecule has 0 spiro atoms. The standard InChI is InChI=1S/C19H23FN2O4S/c1-4-26-18-8-6-5-7-15(18)13-21-19(23)14(2)22(27(3,24)25)17-11-9-16(20)10-12-17/h5-12,14H,4,13H2,1-3H3,(H,21,23)/t14-/m1/s1. The molecule has 0 aliphatic heterocycles. The number of carbonyl (C=O) groups is 1. The third-order valence-electron chi connectivity index (χ3n) is 3.90. The molecule has 1 amide bonds. The van der Waals surface area contributed by atoms with Crippen LogP contribution in [0.4, 0.5) is 10.1 Å². The second-order valence-electron chi connectivity index (χ2n) is 5.97. The van der Waals surface area contributed by atoms with Crippen molar-refractivity contribution in [3.05, 3.63) is 59.9 Å². The summed E-state index contributed by atoms with van der Waals surface area (Å²) < 4.78 is 44.1. The van der Waals surface area contributed by atoms with Crippen molar-refractivity contribution < 1.29 is 22.3 Å². The van der Waals surface area contributed by atoms with Gasteiger partial charge in [-0.1, -0.05) is 18.2 Å². The van der Waals surface area contributed by atoms with Gasteiger partial charge in [-0.15, -0.1) is 0 Å². The molecule has 1 atom stereocenters. The number of nitrogens with zero attached hydrogens (tertiary/aromatic N) is 1. The molecule has 0 heterocycles. The van der Waals surface area contributed by atoms with Crippen LogP contribution < -0.4 is 14.4 Å². The molecule has 0 aliphatic carbocycles. The van der Waals surface area contributed by atoms with Gasteiger partial charge in [0.05, 0.1) is 18.6 Å². The minimum absolute atomic E-state index is 0.195. The lowest BCUT2D eigenvalue weighted by atomic mass is 10.2. The highest BCUT2D eigenvalue weighted by Crippen LogP contribution is 2.22. The molecule has 2 rings (SSSR count). The van der Waals surface area contributed by atoms with Crippen LogP contribution in [0, 0.1) is 5.82 Å². The van der Waals surface area contributed by atoms with E-state index in [2.05, 4.69) is 5.32 Å². The SMILES string of the molecule is CCOc1ccccc1CNC(=O)[C@@H](C)N(c1ccc(F)cc1)S(C)(=O)=O. The van der Waals surface area contributed by atoms with Crippen LogP contribution in [0.1, 0.15) is 19.4 Å². The summed E-state index contributed by atoms with van der Waals surface area (Å²) >= 11 is 0. The first kappa shape index (κ1) is 20.7. The average Bonchev–Trinajstić information content (AvgIpc) is 2.61. The van der Waals surface area contributed by atoms with Gasteiger partial charge in [0.15, 0.2) is 0 Å². The van der Waals surface area contributed by atoms with Crippen LogP contribution in [-0.2, 0) is 21.4 Å². The molecular weight excluding hydrogens is 371 g/mol. The van der Waals surface area contributed by atoms with Gasteiger partial charge in [-0.2, -0.15) is 0 Å². The Morgan fingerprint density at radius 3 is 2.41 bits per heavy atom. The molecule has 0 aromatic heterocycles. The largest absolute Gasteiger partial charge is 0.494 e. The lowest BCUT2D eigenvalue weighted by molar-refractivity contribution is -0.122. The number of hydrogen-bond donors (Lipinski definition) is 1. The van der Waals surface area contributed by atoms with E-state index >= 15 is 0 Å². The Balaban J connectivity index is 2.17. The molecule has 6 nitrogen and oxygen atoms in total. The normalized spacial score (nSPS) is 12.3. The Hall–Kier alpha value is -2.61. The van der Waals surface area contributed by atoms with E-state index in [0.29, 0.717) is 12.4 Å². The van der Waals surface area contributed by atoms with E-state index in [9.17, 15) is 17.6 Å². The summed E-state index contributed by atoms with van der Waals surface area (Å²) in [5, 5.41) is 2.73. The van der Waals surface area contributed by atoms with Gasteiger partial charge < -0.3 is 10.1 Å². The lowest BCUT2D eigenvalue weighted by Gasteiger charge is -2.28. The fourth-order valence-electron chi connectivity index (χ4n) is 2.67. The van der Waals surface area contributed by atoms with E-state index < -0.39 is 27.8 Å². The smallest absolute Gasteiger partial charge is 0.243 e. The molecule has 0 aliphatic rings. The van der Waals surface area contributed by atoms with Crippen LogP contribution in [0.3, 0.4) is 0 Å². The Morgan fingerprint density at radius 2 is 1.81 bits per heavy atom. The van der Waals surface area contributed by atoms with Gasteiger partial charge in [0.1, 0.15) is 17.6 Å². The predicted molar refractivity (Wildman–Crippen MR) is 103 cm³/mol. The molecule has 0 saturated heterocycles. The lowest BCUT2D eigenvalue weighted by Crippen LogP contribution is -2.47. The molecule has 1 N–H and O–H groups in total. The van der Waals surface area contributed by atoms with Crippen LogP contribution >= 0.6 is 0 Å². The van der Waals surface area contributed by atoms with Gasteiger partial charge in [-0.05, 0) is 44.2 Å². The molecule has 2 aromatic carbocycles. The van der Waals surface area contributed by atoms with Crippen molar-refractivity contribution >= 4 is 21.6 Å². The number of halogens is 1. The Kier molecular flexibility index (Phi) is 6.79. The molecule has 27 heavy (non-hydrogen) atoms. The van der Waals surface area contributed by atoms with E-state index in [1.54, 1.807) is 6.07 Å². The highest BCUT2D eigenvalue weighted by atomic mass is 32.2. The summed E-state index contributed by atoms with van der Waals surface area (Å²) in [4.78, 5) is 12.6. The van der Waals surface area contributed by atoms with Crippen molar-refractivity contribution in [2.45, 2.75) is 26.4 Å². The number of amides is 1. The summed E-state index contributed by atoms with van der Waals surface area (Å²) in [7, 11) is -3.75. The molecule has 0 unspecified atom stereocenters. The number of para-hydroxylation sites is 1. The third-order valence-corrected chi connectivity index (χ3v) is 5.14. The molecular formula is C19H23FN2O4S. The number of sulfonamides is 1. The monoisotopic (exact) mass is 394 g/mol. The maximum absolute atomic E-state index is 13.2. The van der Waals surface area contributed by atoms with Gasteiger partial charge in [-0.25, -0.2) is 12.8 Å². The Bertz CT molecular complexity index is 885. The minimum Gasteiger partial charge on any atom is -0.494 e. The summed E-state index contributed by atoms with van der Waals surface area (Å²) in [6.07, 6.45) is 1.00. The van der Waals surface area contributed by atoms with Crippen molar-refractivity contribution in [3.8, 4) is 5.75 Å². The van der Waals surface area contributed by atoms with E-state index in [1.165, 1.54) is 19.1 Å². The second-order valence-corrected chi connectivity index (χ2v) is 7.83. The Morgan fingerprint density at radius 1 is 1.19 bits per heavy atom. The number of carbonyl (C=O) groups excluding carboxylic acids is 1. The van der Waals surface area contributed by atoms with Crippen LogP contribution in [0.25, 0.3) is 0 Å². The number of benzene rings is 2. The van der Waals surface area contributed by atoms with Gasteiger partial charge >= 0.3 is 0 Å². The van der Waals surface area contributed by atoms with Crippen molar-refractivity contribution in [1.82, 2.24) is 5.32 Å². The van der Waals surface area contributed by atoms with Crippen molar-refractivity contribution in [2.75, 3.05) is 17.2 Å². The molecule has 0 fully saturated rings. The van der Waals surface area contributed by atoms with Crippen molar-refractivity contribution in [2.24, 2.45) is 0 Å². The van der Waals surface area contributed by atoms with E-state index in [4.69, 9.17) is 4.74 Å². The first-order valence-corrected chi connectivity index (χ1v) is 10.3. The number of nitrogens with one attached hydrogen (secondary N) is 1. The molecule has 146 valence electrons. The molecule has 0 bridgehead atoms. The summed E-state index contributed by atoms with van der Waals surface area (Å²) in [5.41, 5.74) is 1.00. The van der Waals surface area contributed by atoms with Crippen LogP contribution in [0.5, 0.6) is 5.75 Å². The van der Waals surface area contributed by atoms with Crippen LogP contribution in [0.15, 0.2) is 48.5 Å². The molecule has 0 radical (unpaired) electrons. The van der Waals surface area contributed by atoms with E-state index in [-0.39, 0.29) is 12.2 Å². The fourth-order valence-corrected chi connectivity index (χ4v) is 3.85. The Labute approximate surface area is 159 Å². The number of ether oxygens (including phenoxy) is 1. The van der Waals surface area contributed by atoms with Gasteiger partial charge in [0.25, 0.3) is 0 Å². The second kappa shape index (κ2) is 8.85. The minimum atomic E-state index is -3.75. The molecule has 8 heteroatoms. The first-order chi connectivity index (χ1) is 12.7.